The maximum absolute atomic E-state index is 8.30. The molecule has 2 nitrogen and oxygen atoms in total. The third kappa shape index (κ3) is 54.6. The third-order valence-electron chi connectivity index (χ3n) is 0. The summed E-state index contributed by atoms with van der Waals surface area (Å²) in [6, 6.07) is 0. The van der Waals surface area contributed by atoms with Crippen molar-refractivity contribution in [1.82, 2.24) is 6.15 Å². The molecule has 0 saturated heterocycles. The Labute approximate surface area is 67.5 Å². The van der Waals surface area contributed by atoms with Gasteiger partial charge in [-0.25, -0.2) is 0 Å². The molecular formula is H6Cl3NNbO. The first-order valence-corrected chi connectivity index (χ1v) is 1.08. The van der Waals surface area contributed by atoms with Crippen LogP contribution in [0.1, 0.15) is 0 Å². The normalized spacial score (nSPS) is 0.500. The van der Waals surface area contributed by atoms with Crippen LogP contribution >= 0.6 is 37.2 Å². The molecular weight excluding hydrogens is 229 g/mol. The van der Waals surface area contributed by atoms with Gasteiger partial charge < -0.3 is 6.15 Å². The molecule has 3 N–H and O–H groups in total. The van der Waals surface area contributed by atoms with Crippen LogP contribution < -0.4 is 6.15 Å². The SMILES string of the molecule is Cl.Cl.Cl.N.[O]=[Nb]. The van der Waals surface area contributed by atoms with E-state index in [9.17, 15) is 0 Å². The van der Waals surface area contributed by atoms with Crippen molar-refractivity contribution >= 4 is 37.2 Å². The second kappa shape index (κ2) is 97.8. The number of rotatable bonds is 0. The van der Waals surface area contributed by atoms with Crippen LogP contribution in [0.5, 0.6) is 0 Å². The zero-order chi connectivity index (χ0) is 2.00. The van der Waals surface area contributed by atoms with Gasteiger partial charge in [0.2, 0.25) is 0 Å². The summed E-state index contributed by atoms with van der Waals surface area (Å²) in [4.78, 5) is 0. The Bertz CT molecular complexity index is 10.8. The first-order valence-electron chi connectivity index (χ1n) is 0.183. The first-order chi connectivity index (χ1) is 1.00. The van der Waals surface area contributed by atoms with E-state index in [1.807, 2.05) is 0 Å². The Morgan fingerprint density at radius 1 is 0.833 bits per heavy atom. The van der Waals surface area contributed by atoms with E-state index >= 15 is 0 Å². The predicted molar refractivity (Wildman–Crippen MR) is 27.5 cm³/mol. The van der Waals surface area contributed by atoms with Crippen LogP contribution in [-0.2, 0) is 24.3 Å². The molecule has 0 aromatic heterocycles. The van der Waals surface area contributed by atoms with Crippen molar-refractivity contribution in [3.63, 3.8) is 0 Å². The standard InChI is InChI=1S/3ClH.H3N.Nb.O/h3*1H;1H3;;. The molecule has 0 amide bonds. The first kappa shape index (κ1) is 53.2. The van der Waals surface area contributed by atoms with Crippen LogP contribution in [0.2, 0.25) is 0 Å². The van der Waals surface area contributed by atoms with Crippen LogP contribution in [0.3, 0.4) is 0 Å². The van der Waals surface area contributed by atoms with Gasteiger partial charge in [0.1, 0.15) is 0 Å². The molecule has 0 bridgehead atoms. The van der Waals surface area contributed by atoms with Gasteiger partial charge >= 0.3 is 24.3 Å². The van der Waals surface area contributed by atoms with Gasteiger partial charge in [0.15, 0.2) is 0 Å². The number of hydrogen-bond donors (Lipinski definition) is 1. The molecule has 0 spiro atoms. The van der Waals surface area contributed by atoms with E-state index in [-0.39, 0.29) is 43.4 Å². The Morgan fingerprint density at radius 3 is 0.833 bits per heavy atom. The van der Waals surface area contributed by atoms with E-state index in [4.69, 9.17) is 3.25 Å². The predicted octanol–water partition coefficient (Wildman–Crippen LogP) is 1.31. The topological polar surface area (TPSA) is 52.1 Å². The third-order valence-corrected chi connectivity index (χ3v) is 0. The second-order valence-corrected chi connectivity index (χ2v) is 0. The summed E-state index contributed by atoms with van der Waals surface area (Å²) < 4.78 is 8.30. The molecule has 43 valence electrons. The van der Waals surface area contributed by atoms with Crippen LogP contribution in [-0.4, -0.2) is 0 Å². The minimum absolute atomic E-state index is 0. The Balaban J connectivity index is -0.000000000833. The van der Waals surface area contributed by atoms with E-state index in [0.29, 0.717) is 21.0 Å². The number of hydrogen-bond acceptors (Lipinski definition) is 2. The summed E-state index contributed by atoms with van der Waals surface area (Å²) in [7, 11) is 0. The van der Waals surface area contributed by atoms with Crippen LogP contribution in [0.25, 0.3) is 0 Å². The molecule has 6 heavy (non-hydrogen) atoms. The molecule has 0 radical (unpaired) electrons. The molecule has 0 aromatic rings. The fourth-order valence-electron chi connectivity index (χ4n) is 0. The molecule has 0 unspecified atom stereocenters. The zero-order valence-corrected chi connectivity index (χ0v) is 7.44. The second-order valence-electron chi connectivity index (χ2n) is 0. The van der Waals surface area contributed by atoms with Gasteiger partial charge in [0, 0.05) is 0 Å². The molecule has 6 heteroatoms. The summed E-state index contributed by atoms with van der Waals surface area (Å²) in [5.74, 6) is 0. The summed E-state index contributed by atoms with van der Waals surface area (Å²) in [6.07, 6.45) is 0. The maximum atomic E-state index is 8.30. The van der Waals surface area contributed by atoms with Crippen molar-refractivity contribution in [3.8, 4) is 0 Å². The van der Waals surface area contributed by atoms with E-state index in [1.54, 1.807) is 0 Å². The Kier molecular flexibility index (Phi) is 868. The fourth-order valence-corrected chi connectivity index (χ4v) is 0. The molecule has 0 saturated carbocycles. The van der Waals surface area contributed by atoms with Crippen molar-refractivity contribution in [2.24, 2.45) is 0 Å². The molecule has 0 fully saturated rings. The fraction of sp³-hybridized carbons (Fsp3) is 0. The van der Waals surface area contributed by atoms with Crippen molar-refractivity contribution in [3.05, 3.63) is 0 Å². The van der Waals surface area contributed by atoms with E-state index < -0.39 is 0 Å². The molecule has 0 aliphatic carbocycles. The van der Waals surface area contributed by atoms with E-state index in [0.717, 1.165) is 0 Å². The van der Waals surface area contributed by atoms with Crippen LogP contribution in [0.15, 0.2) is 0 Å². The summed E-state index contributed by atoms with van der Waals surface area (Å²) in [5, 5.41) is 0. The average Bonchev–Trinajstić information content (AvgIpc) is 1.00. The van der Waals surface area contributed by atoms with Gasteiger partial charge in [-0.15, -0.1) is 37.2 Å². The van der Waals surface area contributed by atoms with Crippen molar-refractivity contribution in [2.45, 2.75) is 0 Å². The summed E-state index contributed by atoms with van der Waals surface area (Å²) in [5.41, 5.74) is 0. The molecule has 0 aliphatic heterocycles. The number of halogens is 3. The summed E-state index contributed by atoms with van der Waals surface area (Å²) in [6.45, 7) is 0. The average molecular weight is 235 g/mol. The van der Waals surface area contributed by atoms with E-state index in [1.165, 1.54) is 0 Å². The van der Waals surface area contributed by atoms with Crippen molar-refractivity contribution < 1.29 is 24.3 Å². The molecule has 0 rings (SSSR count). The van der Waals surface area contributed by atoms with E-state index in [2.05, 4.69) is 0 Å². The Hall–Kier alpha value is 1.37. The van der Waals surface area contributed by atoms with Gasteiger partial charge in [-0.1, -0.05) is 0 Å². The van der Waals surface area contributed by atoms with Crippen LogP contribution in [0.4, 0.5) is 0 Å². The van der Waals surface area contributed by atoms with Gasteiger partial charge in [-0.3, -0.25) is 0 Å². The Morgan fingerprint density at radius 2 is 0.833 bits per heavy atom. The van der Waals surface area contributed by atoms with Gasteiger partial charge in [0.25, 0.3) is 0 Å². The molecule has 0 heterocycles. The molecule has 0 aliphatic rings. The summed E-state index contributed by atoms with van der Waals surface area (Å²) >= 11 is 0.500. The van der Waals surface area contributed by atoms with Gasteiger partial charge in [0.05, 0.1) is 0 Å². The minimum atomic E-state index is 0. The van der Waals surface area contributed by atoms with Gasteiger partial charge in [-0.05, 0) is 0 Å². The van der Waals surface area contributed by atoms with Crippen LogP contribution in [0, 0.1) is 0 Å². The zero-order valence-electron chi connectivity index (χ0n) is 2.79. The van der Waals surface area contributed by atoms with Crippen molar-refractivity contribution in [1.29, 1.82) is 0 Å². The van der Waals surface area contributed by atoms with Crippen molar-refractivity contribution in [2.75, 3.05) is 0 Å². The van der Waals surface area contributed by atoms with Gasteiger partial charge in [-0.2, -0.15) is 0 Å². The molecule has 0 atom stereocenters. The quantitative estimate of drug-likeness (QED) is 0.644. The molecule has 0 aromatic carbocycles. The monoisotopic (exact) mass is 234 g/mol.